The van der Waals surface area contributed by atoms with Gasteiger partial charge in [0, 0.05) is 25.5 Å². The predicted octanol–water partition coefficient (Wildman–Crippen LogP) is 3.19. The van der Waals surface area contributed by atoms with Crippen LogP contribution in [0.4, 0.5) is 0 Å². The van der Waals surface area contributed by atoms with Crippen LogP contribution in [0.5, 0.6) is 5.75 Å². The first kappa shape index (κ1) is 18.4. The summed E-state index contributed by atoms with van der Waals surface area (Å²) in [6.45, 7) is 2.07. The molecule has 0 spiro atoms. The van der Waals surface area contributed by atoms with E-state index in [1.165, 1.54) is 6.42 Å². The van der Waals surface area contributed by atoms with Crippen LogP contribution >= 0.6 is 0 Å². The zero-order valence-corrected chi connectivity index (χ0v) is 15.3. The Morgan fingerprint density at radius 2 is 1.73 bits per heavy atom. The van der Waals surface area contributed by atoms with Crippen LogP contribution in [0.2, 0.25) is 0 Å². The van der Waals surface area contributed by atoms with Crippen LogP contribution in [0.3, 0.4) is 0 Å². The van der Waals surface area contributed by atoms with Crippen LogP contribution < -0.4 is 0 Å². The number of amides is 1. The molecule has 1 aromatic heterocycles. The maximum atomic E-state index is 13.4. The molecule has 1 N–H and O–H groups in total. The van der Waals surface area contributed by atoms with E-state index in [9.17, 15) is 9.90 Å². The molecular weight excluding hydrogens is 326 g/mol. The van der Waals surface area contributed by atoms with Crippen LogP contribution in [0, 0.1) is 0 Å². The first-order valence-corrected chi connectivity index (χ1v) is 9.29. The van der Waals surface area contributed by atoms with Gasteiger partial charge in [-0.15, -0.1) is 0 Å². The number of rotatable bonds is 5. The lowest BCUT2D eigenvalue weighted by atomic mass is 10.1. The number of aromatic hydroxyl groups is 1. The van der Waals surface area contributed by atoms with Gasteiger partial charge in [0.05, 0.1) is 6.04 Å². The minimum Gasteiger partial charge on any atom is -0.508 e. The summed E-state index contributed by atoms with van der Waals surface area (Å²) in [5, 5.41) is 9.51. The maximum Gasteiger partial charge on any atom is 0.240 e. The number of nitrogens with zero attached hydrogens (tertiary/aromatic N) is 3. The molecule has 1 fully saturated rings. The summed E-state index contributed by atoms with van der Waals surface area (Å²) >= 11 is 0. The van der Waals surface area contributed by atoms with Gasteiger partial charge in [-0.2, -0.15) is 0 Å². The Morgan fingerprint density at radius 3 is 2.42 bits per heavy atom. The SMILES string of the molecule is CN1CCCCCC1C(=O)N(Cc1ccncc1)Cc1ccc(O)cc1. The molecule has 0 radical (unpaired) electrons. The van der Waals surface area contributed by atoms with E-state index in [0.717, 1.165) is 36.9 Å². The van der Waals surface area contributed by atoms with Gasteiger partial charge < -0.3 is 10.0 Å². The van der Waals surface area contributed by atoms with Crippen LogP contribution in [0.25, 0.3) is 0 Å². The second-order valence-corrected chi connectivity index (χ2v) is 7.06. The highest BCUT2D eigenvalue weighted by atomic mass is 16.3. The van der Waals surface area contributed by atoms with Gasteiger partial charge in [0.1, 0.15) is 5.75 Å². The number of phenolic OH excluding ortho intramolecular Hbond substituents is 1. The Morgan fingerprint density at radius 1 is 1.08 bits per heavy atom. The zero-order valence-electron chi connectivity index (χ0n) is 15.3. The van der Waals surface area contributed by atoms with Crippen LogP contribution in [-0.2, 0) is 17.9 Å². The van der Waals surface area contributed by atoms with Crippen molar-refractivity contribution in [3.8, 4) is 5.75 Å². The number of likely N-dealkylation sites (N-methyl/N-ethyl adjacent to an activating group) is 1. The molecule has 0 aliphatic carbocycles. The van der Waals surface area contributed by atoms with E-state index in [1.54, 1.807) is 24.5 Å². The average molecular weight is 353 g/mol. The molecule has 3 rings (SSSR count). The molecule has 0 saturated carbocycles. The molecule has 1 atom stereocenters. The van der Waals surface area contributed by atoms with Gasteiger partial charge in [-0.3, -0.25) is 14.7 Å². The second-order valence-electron chi connectivity index (χ2n) is 7.06. The first-order valence-electron chi connectivity index (χ1n) is 9.29. The minimum absolute atomic E-state index is 0.0588. The normalized spacial score (nSPS) is 18.3. The number of phenols is 1. The van der Waals surface area contributed by atoms with E-state index in [0.29, 0.717) is 13.1 Å². The van der Waals surface area contributed by atoms with Crippen molar-refractivity contribution in [1.82, 2.24) is 14.8 Å². The number of hydrogen-bond acceptors (Lipinski definition) is 4. The monoisotopic (exact) mass is 353 g/mol. The molecule has 5 nitrogen and oxygen atoms in total. The molecule has 1 unspecified atom stereocenters. The molecule has 26 heavy (non-hydrogen) atoms. The van der Waals surface area contributed by atoms with Gasteiger partial charge >= 0.3 is 0 Å². The lowest BCUT2D eigenvalue weighted by Gasteiger charge is -2.31. The van der Waals surface area contributed by atoms with Crippen LogP contribution in [0.1, 0.15) is 36.8 Å². The average Bonchev–Trinajstić information content (AvgIpc) is 2.87. The van der Waals surface area contributed by atoms with E-state index < -0.39 is 0 Å². The van der Waals surface area contributed by atoms with Crippen LogP contribution in [0.15, 0.2) is 48.8 Å². The second kappa shape index (κ2) is 8.81. The molecule has 0 bridgehead atoms. The van der Waals surface area contributed by atoms with Gasteiger partial charge in [-0.05, 0) is 61.8 Å². The fourth-order valence-electron chi connectivity index (χ4n) is 3.52. The first-order chi connectivity index (χ1) is 12.6. The number of pyridine rings is 1. The lowest BCUT2D eigenvalue weighted by molar-refractivity contribution is -0.138. The Kier molecular flexibility index (Phi) is 6.23. The highest BCUT2D eigenvalue weighted by Crippen LogP contribution is 2.20. The maximum absolute atomic E-state index is 13.4. The zero-order chi connectivity index (χ0) is 18.4. The Hall–Kier alpha value is -2.40. The van der Waals surface area contributed by atoms with Crippen molar-refractivity contribution in [3.63, 3.8) is 0 Å². The number of benzene rings is 1. The summed E-state index contributed by atoms with van der Waals surface area (Å²) in [5.74, 6) is 0.420. The summed E-state index contributed by atoms with van der Waals surface area (Å²) in [7, 11) is 2.05. The summed E-state index contributed by atoms with van der Waals surface area (Å²) in [6.07, 6.45) is 7.88. The fraction of sp³-hybridized carbons (Fsp3) is 0.429. The molecule has 1 aliphatic rings. The van der Waals surface area contributed by atoms with Crippen molar-refractivity contribution in [3.05, 3.63) is 59.9 Å². The molecule has 2 aromatic rings. The van der Waals surface area contributed by atoms with Crippen molar-refractivity contribution in [1.29, 1.82) is 0 Å². The predicted molar refractivity (Wildman–Crippen MR) is 101 cm³/mol. The van der Waals surface area contributed by atoms with Gasteiger partial charge in [0.25, 0.3) is 0 Å². The molecule has 1 aliphatic heterocycles. The van der Waals surface area contributed by atoms with E-state index >= 15 is 0 Å². The molecule has 1 aromatic carbocycles. The standard InChI is InChI=1S/C21H27N3O2/c1-23-14-4-2-3-5-20(23)21(26)24(16-18-10-12-22-13-11-18)15-17-6-8-19(25)9-7-17/h6-13,20,25H,2-5,14-16H2,1H3. The van der Waals surface area contributed by atoms with Crippen molar-refractivity contribution < 1.29 is 9.90 Å². The summed E-state index contributed by atoms with van der Waals surface area (Å²) < 4.78 is 0. The number of aromatic nitrogens is 1. The van der Waals surface area contributed by atoms with Gasteiger partial charge in [0.15, 0.2) is 0 Å². The topological polar surface area (TPSA) is 56.7 Å². The molecular formula is C21H27N3O2. The van der Waals surface area contributed by atoms with E-state index in [1.807, 2.05) is 29.2 Å². The minimum atomic E-state index is -0.0588. The third-order valence-corrected chi connectivity index (χ3v) is 5.05. The van der Waals surface area contributed by atoms with E-state index in [4.69, 9.17) is 0 Å². The van der Waals surface area contributed by atoms with E-state index in [2.05, 4.69) is 16.9 Å². The summed E-state index contributed by atoms with van der Waals surface area (Å²) in [6, 6.07) is 10.9. The number of carbonyl (C=O) groups excluding carboxylic acids is 1. The van der Waals surface area contributed by atoms with Crippen LogP contribution in [-0.4, -0.2) is 45.4 Å². The molecule has 5 heteroatoms. The largest absolute Gasteiger partial charge is 0.508 e. The van der Waals surface area contributed by atoms with Crippen molar-refractivity contribution in [2.45, 2.75) is 44.8 Å². The van der Waals surface area contributed by atoms with E-state index in [-0.39, 0.29) is 17.7 Å². The summed E-state index contributed by atoms with van der Waals surface area (Å²) in [5.41, 5.74) is 2.09. The number of carbonyl (C=O) groups is 1. The Labute approximate surface area is 155 Å². The smallest absolute Gasteiger partial charge is 0.240 e. The number of likely N-dealkylation sites (tertiary alicyclic amines) is 1. The fourth-order valence-corrected chi connectivity index (χ4v) is 3.52. The molecule has 1 saturated heterocycles. The van der Waals surface area contributed by atoms with Gasteiger partial charge in [-0.25, -0.2) is 0 Å². The molecule has 1 amide bonds. The Bertz CT molecular complexity index is 703. The van der Waals surface area contributed by atoms with Gasteiger partial charge in [0.2, 0.25) is 5.91 Å². The summed E-state index contributed by atoms with van der Waals surface area (Å²) in [4.78, 5) is 21.5. The molecule has 138 valence electrons. The van der Waals surface area contributed by atoms with Gasteiger partial charge in [-0.1, -0.05) is 25.0 Å². The van der Waals surface area contributed by atoms with Crippen molar-refractivity contribution >= 4 is 5.91 Å². The highest BCUT2D eigenvalue weighted by molar-refractivity contribution is 5.82. The lowest BCUT2D eigenvalue weighted by Crippen LogP contribution is -2.46. The third-order valence-electron chi connectivity index (χ3n) is 5.05. The van der Waals surface area contributed by atoms with Crippen molar-refractivity contribution in [2.75, 3.05) is 13.6 Å². The Balaban J connectivity index is 1.80. The van der Waals surface area contributed by atoms with Crippen molar-refractivity contribution in [2.24, 2.45) is 0 Å². The quantitative estimate of drug-likeness (QED) is 0.897. The number of hydrogen-bond donors (Lipinski definition) is 1. The highest BCUT2D eigenvalue weighted by Gasteiger charge is 2.29. The third kappa shape index (κ3) is 4.82. The molecule has 2 heterocycles.